The summed E-state index contributed by atoms with van der Waals surface area (Å²) in [6.45, 7) is 0. The van der Waals surface area contributed by atoms with E-state index in [0.29, 0.717) is 17.6 Å². The van der Waals surface area contributed by atoms with E-state index in [2.05, 4.69) is 78.9 Å². The Morgan fingerprint density at radius 2 is 1.21 bits per heavy atom. The Labute approximate surface area is 221 Å². The number of fused-ring (bicyclic) bond motifs is 13. The summed E-state index contributed by atoms with van der Waals surface area (Å²) >= 11 is 0. The molecule has 0 aromatic heterocycles. The van der Waals surface area contributed by atoms with E-state index >= 15 is 0 Å². The molecule has 0 radical (unpaired) electrons. The lowest BCUT2D eigenvalue weighted by molar-refractivity contribution is 0.425. The maximum Gasteiger partial charge on any atom is 0.504 e. The van der Waals surface area contributed by atoms with Gasteiger partial charge in [-0.2, -0.15) is 0 Å². The Hall–Kier alpha value is -4.09. The van der Waals surface area contributed by atoms with Crippen molar-refractivity contribution in [3.05, 3.63) is 130 Å². The molecule has 0 saturated heterocycles. The molecule has 0 bridgehead atoms. The maximum absolute atomic E-state index is 10.1. The van der Waals surface area contributed by atoms with E-state index in [0.717, 1.165) is 38.9 Å². The highest BCUT2D eigenvalue weighted by Crippen LogP contribution is 2.65. The van der Waals surface area contributed by atoms with Crippen LogP contribution in [0.5, 0.6) is 5.75 Å². The maximum atomic E-state index is 10.1. The fraction of sp³-hybridized carbons (Fsp3) is 0.0625. The van der Waals surface area contributed by atoms with Crippen molar-refractivity contribution in [2.75, 3.05) is 0 Å². The summed E-state index contributed by atoms with van der Waals surface area (Å²) in [6.07, 6.45) is 0.503. The Morgan fingerprint density at radius 1 is 0.632 bits per heavy atom. The Bertz CT molecular complexity index is 1760. The van der Waals surface area contributed by atoms with Gasteiger partial charge < -0.3 is 19.7 Å². The minimum absolute atomic E-state index is 0.447. The zero-order valence-electron chi connectivity index (χ0n) is 20.5. The third kappa shape index (κ3) is 2.52. The van der Waals surface area contributed by atoms with E-state index in [-0.39, 0.29) is 0 Å². The molecule has 0 saturated carbocycles. The largest absolute Gasteiger partial charge is 0.538 e. The van der Waals surface area contributed by atoms with Gasteiger partial charge in [-0.25, -0.2) is 0 Å². The van der Waals surface area contributed by atoms with Crippen LogP contribution in [0.3, 0.4) is 0 Å². The molecule has 6 heteroatoms. The van der Waals surface area contributed by atoms with E-state index < -0.39 is 20.2 Å². The fourth-order valence-corrected chi connectivity index (χ4v) is 7.36. The van der Waals surface area contributed by atoms with Gasteiger partial charge in [-0.1, -0.05) is 91.0 Å². The molecule has 5 aromatic carbocycles. The van der Waals surface area contributed by atoms with Gasteiger partial charge in [-0.3, -0.25) is 0 Å². The van der Waals surface area contributed by atoms with Crippen molar-refractivity contribution in [1.82, 2.24) is 0 Å². The highest BCUT2D eigenvalue weighted by Gasteiger charge is 2.53. The first-order chi connectivity index (χ1) is 18.7. The van der Waals surface area contributed by atoms with Gasteiger partial charge in [0.25, 0.3) is 0 Å². The van der Waals surface area contributed by atoms with Gasteiger partial charge in [0.05, 0.1) is 5.41 Å². The zero-order valence-corrected chi connectivity index (χ0v) is 20.5. The van der Waals surface area contributed by atoms with Crippen LogP contribution in [0.25, 0.3) is 33.4 Å². The average molecular weight is 492 g/mol. The lowest BCUT2D eigenvalue weighted by Crippen LogP contribution is -2.32. The van der Waals surface area contributed by atoms with Crippen LogP contribution in [-0.4, -0.2) is 29.9 Å². The van der Waals surface area contributed by atoms with E-state index in [9.17, 15) is 15.1 Å². The van der Waals surface area contributed by atoms with Crippen LogP contribution < -0.4 is 10.1 Å². The van der Waals surface area contributed by atoms with E-state index in [1.165, 1.54) is 27.8 Å². The van der Waals surface area contributed by atoms with Crippen LogP contribution in [-0.2, 0) is 11.8 Å². The Morgan fingerprint density at radius 3 is 1.84 bits per heavy atom. The quantitative estimate of drug-likeness (QED) is 0.328. The molecule has 3 N–H and O–H groups in total. The van der Waals surface area contributed by atoms with Crippen LogP contribution in [0, 0.1) is 0 Å². The molecule has 5 aromatic rings. The highest BCUT2D eigenvalue weighted by molar-refractivity contribution is 6.59. The molecule has 3 aliphatic rings. The lowest BCUT2D eigenvalue weighted by Gasteiger charge is -2.31. The lowest BCUT2D eigenvalue weighted by atomic mass is 9.70. The standard InChI is InChI=1S/C32H22B2O4/c35-33-38-31-24-16-23-18(11-7-15-29(23)34(36)37)22(24)17-28-30(31)21-10-3-6-14-27(21)32(28)25-12-4-1-8-19(25)20-9-2-5-13-26(20)32/h1-15,17,33,35-37H,16H2. The van der Waals surface area contributed by atoms with Crippen molar-refractivity contribution in [2.45, 2.75) is 11.8 Å². The van der Waals surface area contributed by atoms with Gasteiger partial charge in [0.1, 0.15) is 5.75 Å². The molecule has 0 amide bonds. The summed E-state index contributed by atoms with van der Waals surface area (Å²) in [5.74, 6) is 0.667. The molecular weight excluding hydrogens is 470 g/mol. The van der Waals surface area contributed by atoms with Gasteiger partial charge in [-0.05, 0) is 67.2 Å². The number of benzene rings is 5. The third-order valence-corrected chi connectivity index (χ3v) is 8.68. The molecular formula is C32H22B2O4. The summed E-state index contributed by atoms with van der Waals surface area (Å²) in [4.78, 5) is 0. The number of rotatable bonds is 3. The van der Waals surface area contributed by atoms with Crippen LogP contribution >= 0.6 is 0 Å². The normalized spacial score (nSPS) is 14.3. The third-order valence-electron chi connectivity index (χ3n) is 8.68. The SMILES string of the molecule is OBOc1c2c(cc3c1-c1ccccc1C31c3ccccc3-c3ccccc31)-c1cccc(B(O)O)c1C2. The fourth-order valence-electron chi connectivity index (χ4n) is 7.36. The molecule has 3 aliphatic carbocycles. The molecule has 0 atom stereocenters. The second-order valence-corrected chi connectivity index (χ2v) is 10.2. The summed E-state index contributed by atoms with van der Waals surface area (Å²) in [5, 5.41) is 30.3. The topological polar surface area (TPSA) is 69.9 Å². The van der Waals surface area contributed by atoms with Crippen molar-refractivity contribution in [1.29, 1.82) is 0 Å². The summed E-state index contributed by atoms with van der Waals surface area (Å²) in [6, 6.07) is 33.7. The van der Waals surface area contributed by atoms with Crippen molar-refractivity contribution in [2.24, 2.45) is 0 Å². The smallest absolute Gasteiger partial charge is 0.504 e. The van der Waals surface area contributed by atoms with Crippen LogP contribution in [0.2, 0.25) is 0 Å². The molecule has 0 aliphatic heterocycles. The van der Waals surface area contributed by atoms with Crippen LogP contribution in [0.1, 0.15) is 33.4 Å². The van der Waals surface area contributed by atoms with Crippen molar-refractivity contribution in [3.8, 4) is 39.1 Å². The van der Waals surface area contributed by atoms with Gasteiger partial charge in [0.2, 0.25) is 0 Å². The summed E-state index contributed by atoms with van der Waals surface area (Å²) < 4.78 is 6.09. The van der Waals surface area contributed by atoms with E-state index in [4.69, 9.17) is 4.65 Å². The van der Waals surface area contributed by atoms with Crippen molar-refractivity contribution >= 4 is 20.3 Å². The summed E-state index contributed by atoms with van der Waals surface area (Å²) in [5.41, 5.74) is 13.2. The highest BCUT2D eigenvalue weighted by atomic mass is 16.5. The van der Waals surface area contributed by atoms with Crippen molar-refractivity contribution < 1.29 is 19.7 Å². The first kappa shape index (κ1) is 21.9. The predicted octanol–water partition coefficient (Wildman–Crippen LogP) is 3.92. The second kappa shape index (κ2) is 7.71. The Balaban J connectivity index is 1.54. The average Bonchev–Trinajstić information content (AvgIpc) is 3.57. The minimum atomic E-state index is -1.56. The monoisotopic (exact) mass is 492 g/mol. The minimum Gasteiger partial charge on any atom is -0.538 e. The van der Waals surface area contributed by atoms with Crippen molar-refractivity contribution in [3.63, 3.8) is 0 Å². The molecule has 180 valence electrons. The van der Waals surface area contributed by atoms with Gasteiger partial charge in [0.15, 0.2) is 0 Å². The Kier molecular flexibility index (Phi) is 4.45. The van der Waals surface area contributed by atoms with Crippen LogP contribution in [0.4, 0.5) is 0 Å². The first-order valence-corrected chi connectivity index (χ1v) is 12.9. The predicted molar refractivity (Wildman–Crippen MR) is 151 cm³/mol. The molecule has 0 unspecified atom stereocenters. The molecule has 8 rings (SSSR count). The molecule has 4 nitrogen and oxygen atoms in total. The first-order valence-electron chi connectivity index (χ1n) is 12.9. The number of hydrogen-bond acceptors (Lipinski definition) is 4. The molecule has 38 heavy (non-hydrogen) atoms. The zero-order chi connectivity index (χ0) is 25.6. The van der Waals surface area contributed by atoms with Gasteiger partial charge in [0, 0.05) is 17.5 Å². The summed E-state index contributed by atoms with van der Waals surface area (Å²) in [7, 11) is -2.01. The van der Waals surface area contributed by atoms with Gasteiger partial charge >= 0.3 is 14.8 Å². The van der Waals surface area contributed by atoms with Crippen LogP contribution in [0.15, 0.2) is 97.1 Å². The van der Waals surface area contributed by atoms with E-state index in [1.54, 1.807) is 6.07 Å². The van der Waals surface area contributed by atoms with Gasteiger partial charge in [-0.15, -0.1) is 0 Å². The van der Waals surface area contributed by atoms with E-state index in [1.807, 2.05) is 12.1 Å². The second-order valence-electron chi connectivity index (χ2n) is 10.2. The molecule has 0 heterocycles. The molecule has 0 fully saturated rings. The molecule has 1 spiro atoms. The number of hydrogen-bond donors (Lipinski definition) is 3.